The van der Waals surface area contributed by atoms with Gasteiger partial charge in [-0.05, 0) is 19.3 Å². The van der Waals surface area contributed by atoms with Gasteiger partial charge in [0.25, 0.3) is 0 Å². The van der Waals surface area contributed by atoms with Crippen molar-refractivity contribution < 1.29 is 18.0 Å². The molecule has 1 unspecified atom stereocenters. The van der Waals surface area contributed by atoms with Gasteiger partial charge in [-0.2, -0.15) is 0 Å². The zero-order chi connectivity index (χ0) is 14.0. The Labute approximate surface area is 113 Å². The van der Waals surface area contributed by atoms with Crippen LogP contribution < -0.4 is 5.32 Å². The summed E-state index contributed by atoms with van der Waals surface area (Å²) in [6, 6.07) is -0.274. The summed E-state index contributed by atoms with van der Waals surface area (Å²) < 4.78 is 22.8. The highest BCUT2D eigenvalue weighted by molar-refractivity contribution is 7.91. The SMILES string of the molecule is CN(C(=O)C(=O)NC1CCCC1)C1CCS(=O)(=O)C1. The van der Waals surface area contributed by atoms with Gasteiger partial charge in [-0.15, -0.1) is 0 Å². The molecule has 1 aliphatic heterocycles. The minimum atomic E-state index is -3.05. The fourth-order valence-electron chi connectivity index (χ4n) is 2.72. The van der Waals surface area contributed by atoms with E-state index in [4.69, 9.17) is 0 Å². The highest BCUT2D eigenvalue weighted by Gasteiger charge is 2.35. The highest BCUT2D eigenvalue weighted by Crippen LogP contribution is 2.19. The van der Waals surface area contributed by atoms with Crippen LogP contribution in [-0.4, -0.2) is 55.8 Å². The van der Waals surface area contributed by atoms with Crippen molar-refractivity contribution in [2.75, 3.05) is 18.6 Å². The standard InChI is InChI=1S/C12H20N2O4S/c1-14(10-6-7-19(17,18)8-10)12(16)11(15)13-9-4-2-3-5-9/h9-10H,2-8H2,1H3,(H,13,15). The first-order valence-corrected chi connectivity index (χ1v) is 8.49. The molecular weight excluding hydrogens is 268 g/mol. The first kappa shape index (κ1) is 14.3. The molecule has 1 aliphatic carbocycles. The summed E-state index contributed by atoms with van der Waals surface area (Å²) in [5, 5.41) is 2.72. The molecule has 1 N–H and O–H groups in total. The second-order valence-electron chi connectivity index (χ2n) is 5.43. The average Bonchev–Trinajstić information content (AvgIpc) is 2.96. The summed E-state index contributed by atoms with van der Waals surface area (Å²) in [4.78, 5) is 25.0. The summed E-state index contributed by atoms with van der Waals surface area (Å²) >= 11 is 0. The summed E-state index contributed by atoms with van der Waals surface area (Å²) in [7, 11) is -1.55. The van der Waals surface area contributed by atoms with E-state index in [1.54, 1.807) is 0 Å². The van der Waals surface area contributed by atoms with Crippen LogP contribution in [0.5, 0.6) is 0 Å². The molecule has 2 amide bonds. The summed E-state index contributed by atoms with van der Waals surface area (Å²) in [5.74, 6) is -1.18. The van der Waals surface area contributed by atoms with Crippen LogP contribution in [0.4, 0.5) is 0 Å². The third-order valence-electron chi connectivity index (χ3n) is 3.96. The van der Waals surface area contributed by atoms with Crippen LogP contribution in [-0.2, 0) is 19.4 Å². The van der Waals surface area contributed by atoms with E-state index < -0.39 is 21.7 Å². The van der Waals surface area contributed by atoms with Crippen LogP contribution in [0, 0.1) is 0 Å². The largest absolute Gasteiger partial charge is 0.345 e. The minimum absolute atomic E-state index is 0.0358. The predicted molar refractivity (Wildman–Crippen MR) is 70.2 cm³/mol. The Morgan fingerprint density at radius 3 is 2.32 bits per heavy atom. The van der Waals surface area contributed by atoms with Gasteiger partial charge in [-0.25, -0.2) is 8.42 Å². The van der Waals surface area contributed by atoms with Gasteiger partial charge >= 0.3 is 11.8 Å². The first-order valence-electron chi connectivity index (χ1n) is 6.67. The van der Waals surface area contributed by atoms with Gasteiger partial charge in [-0.3, -0.25) is 9.59 Å². The normalized spacial score (nSPS) is 26.3. The van der Waals surface area contributed by atoms with Crippen LogP contribution in [0.3, 0.4) is 0 Å². The second-order valence-corrected chi connectivity index (χ2v) is 7.66. The lowest BCUT2D eigenvalue weighted by Gasteiger charge is -2.23. The van der Waals surface area contributed by atoms with E-state index in [0.29, 0.717) is 6.42 Å². The third kappa shape index (κ3) is 3.46. The molecule has 0 radical (unpaired) electrons. The molecule has 1 heterocycles. The summed E-state index contributed by atoms with van der Waals surface area (Å²) in [6.45, 7) is 0. The maximum Gasteiger partial charge on any atom is 0.311 e. The smallest absolute Gasteiger partial charge is 0.311 e. The van der Waals surface area contributed by atoms with Gasteiger partial charge in [0.1, 0.15) is 0 Å². The molecule has 108 valence electrons. The Morgan fingerprint density at radius 2 is 1.79 bits per heavy atom. The lowest BCUT2D eigenvalue weighted by molar-refractivity contribution is -0.146. The fourth-order valence-corrected chi connectivity index (χ4v) is 4.50. The zero-order valence-electron chi connectivity index (χ0n) is 11.1. The zero-order valence-corrected chi connectivity index (χ0v) is 11.9. The van der Waals surface area contributed by atoms with Gasteiger partial charge in [-0.1, -0.05) is 12.8 Å². The monoisotopic (exact) mass is 288 g/mol. The first-order chi connectivity index (χ1) is 8.89. The molecule has 7 heteroatoms. The number of hydrogen-bond acceptors (Lipinski definition) is 4. The van der Waals surface area contributed by atoms with Crippen LogP contribution in [0.25, 0.3) is 0 Å². The van der Waals surface area contributed by atoms with Crippen LogP contribution in [0.1, 0.15) is 32.1 Å². The lowest BCUT2D eigenvalue weighted by Crippen LogP contribution is -2.48. The summed E-state index contributed by atoms with van der Waals surface area (Å²) in [6.07, 6.45) is 4.41. The van der Waals surface area contributed by atoms with E-state index in [0.717, 1.165) is 25.7 Å². The number of nitrogens with one attached hydrogen (secondary N) is 1. The minimum Gasteiger partial charge on any atom is -0.345 e. The van der Waals surface area contributed by atoms with E-state index in [2.05, 4.69) is 5.32 Å². The molecule has 6 nitrogen and oxygen atoms in total. The lowest BCUT2D eigenvalue weighted by atomic mass is 10.2. The van der Waals surface area contributed by atoms with Crippen molar-refractivity contribution in [1.29, 1.82) is 0 Å². The quantitative estimate of drug-likeness (QED) is 0.707. The van der Waals surface area contributed by atoms with Crippen molar-refractivity contribution in [2.45, 2.75) is 44.2 Å². The number of likely N-dealkylation sites (N-methyl/N-ethyl adjacent to an activating group) is 1. The molecule has 2 rings (SSSR count). The number of carbonyl (C=O) groups is 2. The van der Waals surface area contributed by atoms with Crippen molar-refractivity contribution in [3.63, 3.8) is 0 Å². The third-order valence-corrected chi connectivity index (χ3v) is 5.71. The molecule has 0 bridgehead atoms. The Kier molecular flexibility index (Phi) is 4.13. The summed E-state index contributed by atoms with van der Waals surface area (Å²) in [5.41, 5.74) is 0. The van der Waals surface area contributed by atoms with Gasteiger partial charge in [0.05, 0.1) is 11.5 Å². The van der Waals surface area contributed by atoms with Gasteiger partial charge in [0, 0.05) is 19.1 Å². The molecule has 0 aromatic carbocycles. The number of sulfone groups is 1. The maximum absolute atomic E-state index is 11.9. The highest BCUT2D eigenvalue weighted by atomic mass is 32.2. The number of hydrogen-bond donors (Lipinski definition) is 1. The Morgan fingerprint density at radius 1 is 1.16 bits per heavy atom. The van der Waals surface area contributed by atoms with E-state index in [-0.39, 0.29) is 23.6 Å². The van der Waals surface area contributed by atoms with E-state index >= 15 is 0 Å². The molecule has 19 heavy (non-hydrogen) atoms. The van der Waals surface area contributed by atoms with E-state index in [9.17, 15) is 18.0 Å². The van der Waals surface area contributed by atoms with Crippen molar-refractivity contribution >= 4 is 21.7 Å². The molecule has 1 saturated heterocycles. The Bertz CT molecular complexity index is 468. The van der Waals surface area contributed by atoms with Gasteiger partial charge < -0.3 is 10.2 Å². The number of carbonyl (C=O) groups excluding carboxylic acids is 2. The molecule has 2 fully saturated rings. The topological polar surface area (TPSA) is 83.6 Å². The average molecular weight is 288 g/mol. The van der Waals surface area contributed by atoms with Crippen LogP contribution in [0.15, 0.2) is 0 Å². The van der Waals surface area contributed by atoms with Crippen molar-refractivity contribution in [1.82, 2.24) is 10.2 Å². The second kappa shape index (κ2) is 5.48. The molecule has 0 aromatic rings. The fraction of sp³-hybridized carbons (Fsp3) is 0.833. The Balaban J connectivity index is 1.89. The molecule has 2 aliphatic rings. The van der Waals surface area contributed by atoms with Crippen molar-refractivity contribution in [3.05, 3.63) is 0 Å². The van der Waals surface area contributed by atoms with E-state index in [1.165, 1.54) is 11.9 Å². The number of nitrogens with zero attached hydrogens (tertiary/aromatic N) is 1. The maximum atomic E-state index is 11.9. The molecular formula is C12H20N2O4S. The molecule has 0 aromatic heterocycles. The van der Waals surface area contributed by atoms with Crippen molar-refractivity contribution in [3.8, 4) is 0 Å². The number of rotatable bonds is 2. The van der Waals surface area contributed by atoms with Crippen LogP contribution >= 0.6 is 0 Å². The van der Waals surface area contributed by atoms with Crippen molar-refractivity contribution in [2.24, 2.45) is 0 Å². The molecule has 0 spiro atoms. The Hall–Kier alpha value is -1.11. The number of amides is 2. The van der Waals surface area contributed by atoms with E-state index in [1.807, 2.05) is 0 Å². The van der Waals surface area contributed by atoms with Crippen LogP contribution in [0.2, 0.25) is 0 Å². The molecule has 1 atom stereocenters. The van der Waals surface area contributed by atoms with Gasteiger partial charge in [0.15, 0.2) is 9.84 Å². The molecule has 1 saturated carbocycles. The van der Waals surface area contributed by atoms with Gasteiger partial charge in [0.2, 0.25) is 0 Å². The predicted octanol–water partition coefficient (Wildman–Crippen LogP) is -0.309.